The van der Waals surface area contributed by atoms with Crippen LogP contribution < -0.4 is 5.32 Å². The molecule has 136 valence electrons. The summed E-state index contributed by atoms with van der Waals surface area (Å²) in [6.07, 6.45) is 3.92. The monoisotopic (exact) mass is 366 g/mol. The van der Waals surface area contributed by atoms with E-state index in [4.69, 9.17) is 16.3 Å². The van der Waals surface area contributed by atoms with Crippen molar-refractivity contribution in [1.82, 2.24) is 15.2 Å². The minimum absolute atomic E-state index is 0.0750. The van der Waals surface area contributed by atoms with Gasteiger partial charge in [-0.25, -0.2) is 4.98 Å². The minimum atomic E-state index is -0.262. The number of hydrogen-bond donors (Lipinski definition) is 1. The van der Waals surface area contributed by atoms with E-state index in [1.165, 1.54) is 0 Å². The molecule has 3 unspecified atom stereocenters. The lowest BCUT2D eigenvalue weighted by Crippen LogP contribution is -2.42. The van der Waals surface area contributed by atoms with E-state index in [0.717, 1.165) is 18.4 Å². The first-order chi connectivity index (χ1) is 12.0. The fraction of sp³-hybridized carbons (Fsp3) is 0.588. The molecule has 0 radical (unpaired) electrons. The number of fused-ring (bicyclic) bond motifs is 1. The smallest absolute Gasteiger partial charge is 0.288 e. The molecular formula is C17H23ClN4O3. The predicted octanol–water partition coefficient (Wildman–Crippen LogP) is 2.79. The van der Waals surface area contributed by atoms with Gasteiger partial charge in [0.05, 0.1) is 10.8 Å². The van der Waals surface area contributed by atoms with Crippen molar-refractivity contribution >= 4 is 11.6 Å². The number of nitro groups is 1. The summed E-state index contributed by atoms with van der Waals surface area (Å²) < 4.78 is 5.96. The average molecular weight is 367 g/mol. The first-order valence-corrected chi connectivity index (χ1v) is 9.01. The van der Waals surface area contributed by atoms with Gasteiger partial charge in [0.25, 0.3) is 5.70 Å². The summed E-state index contributed by atoms with van der Waals surface area (Å²) in [4.78, 5) is 17.4. The molecule has 1 aromatic heterocycles. The Bertz CT molecular complexity index is 664. The Labute approximate surface area is 152 Å². The fourth-order valence-electron chi connectivity index (χ4n) is 3.51. The molecule has 2 aliphatic heterocycles. The van der Waals surface area contributed by atoms with E-state index in [-0.39, 0.29) is 28.8 Å². The maximum absolute atomic E-state index is 11.5. The van der Waals surface area contributed by atoms with Gasteiger partial charge in [-0.15, -0.1) is 0 Å². The van der Waals surface area contributed by atoms with Gasteiger partial charge in [-0.2, -0.15) is 0 Å². The van der Waals surface area contributed by atoms with Crippen LogP contribution in [0.4, 0.5) is 0 Å². The van der Waals surface area contributed by atoms with Crippen molar-refractivity contribution in [3.8, 4) is 0 Å². The van der Waals surface area contributed by atoms with Gasteiger partial charge in [-0.3, -0.25) is 10.1 Å². The maximum atomic E-state index is 11.5. The second-order valence-corrected chi connectivity index (χ2v) is 7.03. The number of hydrogen-bond acceptors (Lipinski definition) is 6. The third-order valence-corrected chi connectivity index (χ3v) is 4.86. The SMILES string of the molecule is CCCOC1CC(C)C([N+](=O)[O-])=C2NC(Cc3ccc(Cl)nc3)CN21. The quantitative estimate of drug-likeness (QED) is 0.473. The number of nitrogens with zero attached hydrogens (tertiary/aromatic N) is 3. The van der Waals surface area contributed by atoms with Crippen molar-refractivity contribution in [2.24, 2.45) is 5.92 Å². The molecule has 0 spiro atoms. The molecule has 3 atom stereocenters. The molecule has 3 rings (SSSR count). The molecule has 0 aromatic carbocycles. The number of allylic oxidation sites excluding steroid dienone is 1. The molecule has 0 saturated carbocycles. The first-order valence-electron chi connectivity index (χ1n) is 8.63. The summed E-state index contributed by atoms with van der Waals surface area (Å²) in [7, 11) is 0. The van der Waals surface area contributed by atoms with E-state index in [2.05, 4.69) is 17.2 Å². The zero-order valence-electron chi connectivity index (χ0n) is 14.4. The topological polar surface area (TPSA) is 80.5 Å². The number of pyridine rings is 1. The molecule has 1 fully saturated rings. The lowest BCUT2D eigenvalue weighted by atomic mass is 9.98. The summed E-state index contributed by atoms with van der Waals surface area (Å²) >= 11 is 5.83. The number of halogens is 1. The van der Waals surface area contributed by atoms with Crippen LogP contribution in [0.25, 0.3) is 0 Å². The van der Waals surface area contributed by atoms with Crippen LogP contribution in [0.1, 0.15) is 32.3 Å². The average Bonchev–Trinajstić information content (AvgIpc) is 2.97. The van der Waals surface area contributed by atoms with Crippen molar-refractivity contribution < 1.29 is 9.66 Å². The fourth-order valence-corrected chi connectivity index (χ4v) is 3.63. The Morgan fingerprint density at radius 1 is 1.52 bits per heavy atom. The van der Waals surface area contributed by atoms with Crippen LogP contribution in [-0.2, 0) is 11.2 Å². The highest BCUT2D eigenvalue weighted by Crippen LogP contribution is 2.35. The lowest BCUT2D eigenvalue weighted by molar-refractivity contribution is -0.439. The Morgan fingerprint density at radius 2 is 2.32 bits per heavy atom. The summed E-state index contributed by atoms with van der Waals surface area (Å²) in [5.74, 6) is 0.461. The summed E-state index contributed by atoms with van der Waals surface area (Å²) in [6.45, 7) is 5.28. The van der Waals surface area contributed by atoms with Crippen molar-refractivity contribution in [2.75, 3.05) is 13.2 Å². The molecule has 1 aromatic rings. The van der Waals surface area contributed by atoms with Crippen molar-refractivity contribution in [1.29, 1.82) is 0 Å². The number of rotatable bonds is 6. The second-order valence-electron chi connectivity index (χ2n) is 6.64. The van der Waals surface area contributed by atoms with Gasteiger partial charge in [-0.1, -0.05) is 31.5 Å². The largest absolute Gasteiger partial charge is 0.361 e. The zero-order valence-corrected chi connectivity index (χ0v) is 15.2. The van der Waals surface area contributed by atoms with Gasteiger partial charge in [0.15, 0.2) is 5.82 Å². The molecule has 1 saturated heterocycles. The third-order valence-electron chi connectivity index (χ3n) is 4.64. The van der Waals surface area contributed by atoms with Crippen LogP contribution in [0, 0.1) is 16.0 Å². The summed E-state index contributed by atoms with van der Waals surface area (Å²) in [5, 5.41) is 15.4. The van der Waals surface area contributed by atoms with Gasteiger partial charge in [-0.05, 0) is 24.5 Å². The van der Waals surface area contributed by atoms with Crippen molar-refractivity contribution in [3.05, 3.63) is 50.7 Å². The lowest BCUT2D eigenvalue weighted by Gasteiger charge is -2.35. The third kappa shape index (κ3) is 3.88. The van der Waals surface area contributed by atoms with Gasteiger partial charge in [0.1, 0.15) is 11.4 Å². The Kier molecular flexibility index (Phi) is 5.44. The van der Waals surface area contributed by atoms with Crippen LogP contribution in [0.2, 0.25) is 5.15 Å². The van der Waals surface area contributed by atoms with Crippen LogP contribution in [0.5, 0.6) is 0 Å². The molecular weight excluding hydrogens is 344 g/mol. The normalized spacial score (nSPS) is 25.7. The van der Waals surface area contributed by atoms with E-state index >= 15 is 0 Å². The van der Waals surface area contributed by atoms with Crippen LogP contribution in [-0.4, -0.2) is 40.2 Å². The molecule has 0 aliphatic carbocycles. The first kappa shape index (κ1) is 17.9. The van der Waals surface area contributed by atoms with E-state index in [1.54, 1.807) is 12.3 Å². The van der Waals surface area contributed by atoms with Crippen LogP contribution in [0.15, 0.2) is 29.8 Å². The Balaban J connectivity index is 1.81. The molecule has 7 nitrogen and oxygen atoms in total. The molecule has 1 N–H and O–H groups in total. The highest BCUT2D eigenvalue weighted by Gasteiger charge is 2.44. The second kappa shape index (κ2) is 7.58. The number of aromatic nitrogens is 1. The molecule has 0 bridgehead atoms. The van der Waals surface area contributed by atoms with Gasteiger partial charge in [0.2, 0.25) is 0 Å². The summed E-state index contributed by atoms with van der Waals surface area (Å²) in [6, 6.07) is 3.77. The molecule has 3 heterocycles. The highest BCUT2D eigenvalue weighted by atomic mass is 35.5. The van der Waals surface area contributed by atoms with Gasteiger partial charge in [0, 0.05) is 31.8 Å². The van der Waals surface area contributed by atoms with E-state index in [1.807, 2.05) is 17.9 Å². The Hall–Kier alpha value is -1.86. The van der Waals surface area contributed by atoms with Gasteiger partial charge < -0.3 is 15.0 Å². The number of ether oxygens (including phenoxy) is 1. The molecule has 2 aliphatic rings. The van der Waals surface area contributed by atoms with Crippen molar-refractivity contribution in [2.45, 2.75) is 45.4 Å². The van der Waals surface area contributed by atoms with Crippen LogP contribution in [0.3, 0.4) is 0 Å². The van der Waals surface area contributed by atoms with Gasteiger partial charge >= 0.3 is 0 Å². The molecule has 25 heavy (non-hydrogen) atoms. The molecule has 0 amide bonds. The molecule has 8 heteroatoms. The van der Waals surface area contributed by atoms with Crippen molar-refractivity contribution in [3.63, 3.8) is 0 Å². The maximum Gasteiger partial charge on any atom is 0.288 e. The minimum Gasteiger partial charge on any atom is -0.361 e. The Morgan fingerprint density at radius 3 is 2.96 bits per heavy atom. The highest BCUT2D eigenvalue weighted by molar-refractivity contribution is 6.29. The number of nitrogens with one attached hydrogen (secondary N) is 1. The van der Waals surface area contributed by atoms with E-state index in [0.29, 0.717) is 30.5 Å². The van der Waals surface area contributed by atoms with Crippen LogP contribution >= 0.6 is 11.6 Å². The standard InChI is InChI=1S/C17H23ClN4O3/c1-3-6-25-15-7-11(2)16(22(23)24)17-20-13(10-21(15)17)8-12-4-5-14(18)19-9-12/h4-5,9,11,13,15,20H,3,6-8,10H2,1-2H3. The van der Waals surface area contributed by atoms with E-state index < -0.39 is 0 Å². The summed E-state index contributed by atoms with van der Waals surface area (Å²) in [5.41, 5.74) is 1.30. The predicted molar refractivity (Wildman–Crippen MR) is 94.4 cm³/mol. The van der Waals surface area contributed by atoms with E-state index in [9.17, 15) is 10.1 Å². The zero-order chi connectivity index (χ0) is 18.0.